The van der Waals surface area contributed by atoms with Crippen LogP contribution in [-0.4, -0.2) is 50.2 Å². The number of carbonyl (C=O) groups is 2. The van der Waals surface area contributed by atoms with E-state index < -0.39 is 0 Å². The topological polar surface area (TPSA) is 55.8 Å². The summed E-state index contributed by atoms with van der Waals surface area (Å²) >= 11 is 0. The lowest BCUT2D eigenvalue weighted by Gasteiger charge is -2.37. The zero-order valence-corrected chi connectivity index (χ0v) is 11.6. The normalized spacial score (nSPS) is 24.1. The highest BCUT2D eigenvalue weighted by molar-refractivity contribution is 5.73. The average Bonchev–Trinajstić information content (AvgIpc) is 2.43. The van der Waals surface area contributed by atoms with E-state index in [0.29, 0.717) is 6.54 Å². The summed E-state index contributed by atoms with van der Waals surface area (Å²) in [6, 6.07) is 0.0740. The Kier molecular flexibility index (Phi) is 5.59. The summed E-state index contributed by atoms with van der Waals surface area (Å²) in [5, 5.41) is 0. The van der Waals surface area contributed by atoms with Crippen molar-refractivity contribution in [1.82, 2.24) is 4.90 Å². The van der Waals surface area contributed by atoms with Crippen molar-refractivity contribution in [3.8, 4) is 0 Å². The van der Waals surface area contributed by atoms with Crippen LogP contribution in [0.15, 0.2) is 0 Å². The molecule has 0 aromatic carbocycles. The quantitative estimate of drug-likeness (QED) is 0.705. The number of piperidine rings is 1. The molecule has 0 bridgehead atoms. The van der Waals surface area contributed by atoms with E-state index in [2.05, 4.69) is 4.90 Å². The second-order valence-electron chi connectivity index (χ2n) is 4.91. The van der Waals surface area contributed by atoms with Crippen LogP contribution in [0, 0.1) is 11.8 Å². The third-order valence-corrected chi connectivity index (χ3v) is 3.86. The van der Waals surface area contributed by atoms with E-state index in [9.17, 15) is 9.59 Å². The van der Waals surface area contributed by atoms with Crippen LogP contribution in [0.4, 0.5) is 0 Å². The van der Waals surface area contributed by atoms with E-state index >= 15 is 0 Å². The zero-order chi connectivity index (χ0) is 13.7. The second kappa shape index (κ2) is 6.73. The van der Waals surface area contributed by atoms with Crippen molar-refractivity contribution in [3.63, 3.8) is 0 Å². The highest BCUT2D eigenvalue weighted by Gasteiger charge is 2.32. The molecule has 0 spiro atoms. The molecule has 1 saturated heterocycles. The van der Waals surface area contributed by atoms with Crippen LogP contribution in [0.3, 0.4) is 0 Å². The Bertz CT molecular complexity index is 291. The predicted octanol–water partition coefficient (Wildman–Crippen LogP) is 1.07. The predicted molar refractivity (Wildman–Crippen MR) is 67.0 cm³/mol. The molecule has 0 radical (unpaired) electrons. The molecular weight excluding hydrogens is 234 g/mol. The lowest BCUT2D eigenvalue weighted by atomic mass is 9.94. The van der Waals surface area contributed by atoms with E-state index in [4.69, 9.17) is 9.47 Å². The highest BCUT2D eigenvalue weighted by atomic mass is 16.5. The van der Waals surface area contributed by atoms with Crippen molar-refractivity contribution in [2.75, 3.05) is 27.3 Å². The van der Waals surface area contributed by atoms with Gasteiger partial charge in [0.15, 0.2) is 0 Å². The number of esters is 2. The SMILES string of the molecule is COC(=O)C(C)C(C)N1CCC[C@H](C(=O)OC)C1. The third kappa shape index (κ3) is 3.45. The molecule has 0 saturated carbocycles. The van der Waals surface area contributed by atoms with Gasteiger partial charge in [-0.2, -0.15) is 0 Å². The lowest BCUT2D eigenvalue weighted by Crippen LogP contribution is -2.47. The summed E-state index contributed by atoms with van der Waals surface area (Å²) in [6.07, 6.45) is 1.82. The van der Waals surface area contributed by atoms with Gasteiger partial charge in [-0.05, 0) is 26.3 Å². The van der Waals surface area contributed by atoms with Crippen molar-refractivity contribution in [2.45, 2.75) is 32.7 Å². The first-order valence-corrected chi connectivity index (χ1v) is 6.41. The number of nitrogens with zero attached hydrogens (tertiary/aromatic N) is 1. The van der Waals surface area contributed by atoms with Crippen molar-refractivity contribution in [3.05, 3.63) is 0 Å². The van der Waals surface area contributed by atoms with Gasteiger partial charge in [0.25, 0.3) is 0 Å². The summed E-state index contributed by atoms with van der Waals surface area (Å²) in [5.41, 5.74) is 0. The smallest absolute Gasteiger partial charge is 0.309 e. The van der Waals surface area contributed by atoms with Crippen molar-refractivity contribution in [2.24, 2.45) is 11.8 Å². The van der Waals surface area contributed by atoms with E-state index in [1.165, 1.54) is 14.2 Å². The summed E-state index contributed by atoms with van der Waals surface area (Å²) in [7, 11) is 2.82. The van der Waals surface area contributed by atoms with E-state index in [1.807, 2.05) is 13.8 Å². The molecule has 1 fully saturated rings. The molecule has 1 aliphatic heterocycles. The van der Waals surface area contributed by atoms with Crippen LogP contribution in [0.2, 0.25) is 0 Å². The zero-order valence-electron chi connectivity index (χ0n) is 11.6. The number of ether oxygens (including phenoxy) is 2. The molecule has 3 atom stereocenters. The van der Waals surface area contributed by atoms with Crippen LogP contribution in [-0.2, 0) is 19.1 Å². The van der Waals surface area contributed by atoms with Gasteiger partial charge in [-0.1, -0.05) is 6.92 Å². The number of likely N-dealkylation sites (tertiary alicyclic amines) is 1. The van der Waals surface area contributed by atoms with Crippen molar-refractivity contribution in [1.29, 1.82) is 0 Å². The fraction of sp³-hybridized carbons (Fsp3) is 0.846. The minimum absolute atomic E-state index is 0.0731. The Labute approximate surface area is 108 Å². The fourth-order valence-corrected chi connectivity index (χ4v) is 2.43. The molecule has 0 aromatic rings. The van der Waals surface area contributed by atoms with E-state index in [1.54, 1.807) is 0 Å². The number of carbonyl (C=O) groups excluding carboxylic acids is 2. The Balaban J connectivity index is 2.60. The molecule has 0 aliphatic carbocycles. The van der Waals surface area contributed by atoms with Gasteiger partial charge in [0.1, 0.15) is 0 Å². The molecular formula is C13H23NO4. The van der Waals surface area contributed by atoms with Gasteiger partial charge in [0.05, 0.1) is 26.1 Å². The maximum Gasteiger partial charge on any atom is 0.309 e. The maximum atomic E-state index is 11.6. The number of rotatable bonds is 4. The van der Waals surface area contributed by atoms with Gasteiger partial charge in [0, 0.05) is 12.6 Å². The summed E-state index contributed by atoms with van der Waals surface area (Å²) < 4.78 is 9.55. The minimum atomic E-state index is -0.206. The highest BCUT2D eigenvalue weighted by Crippen LogP contribution is 2.22. The molecule has 5 heteroatoms. The summed E-state index contributed by atoms with van der Waals surface area (Å²) in [6.45, 7) is 5.44. The van der Waals surface area contributed by atoms with Gasteiger partial charge in [-0.15, -0.1) is 0 Å². The summed E-state index contributed by atoms with van der Waals surface area (Å²) in [5.74, 6) is -0.622. The molecule has 0 N–H and O–H groups in total. The third-order valence-electron chi connectivity index (χ3n) is 3.86. The van der Waals surface area contributed by atoms with Crippen LogP contribution < -0.4 is 0 Å². The Morgan fingerprint density at radius 1 is 1.22 bits per heavy atom. The Morgan fingerprint density at radius 2 is 1.89 bits per heavy atom. The molecule has 1 aliphatic rings. The van der Waals surface area contributed by atoms with E-state index in [0.717, 1.165) is 19.4 Å². The van der Waals surface area contributed by atoms with Gasteiger partial charge < -0.3 is 9.47 Å². The molecule has 18 heavy (non-hydrogen) atoms. The number of methoxy groups -OCH3 is 2. The Hall–Kier alpha value is -1.10. The largest absolute Gasteiger partial charge is 0.469 e. The monoisotopic (exact) mass is 257 g/mol. The van der Waals surface area contributed by atoms with Crippen molar-refractivity contribution >= 4 is 11.9 Å². The molecule has 104 valence electrons. The molecule has 1 heterocycles. The summed E-state index contributed by atoms with van der Waals surface area (Å²) in [4.78, 5) is 25.3. The van der Waals surface area contributed by atoms with Crippen molar-refractivity contribution < 1.29 is 19.1 Å². The first-order chi connectivity index (χ1) is 8.51. The number of hydrogen-bond donors (Lipinski definition) is 0. The second-order valence-corrected chi connectivity index (χ2v) is 4.91. The average molecular weight is 257 g/mol. The van der Waals surface area contributed by atoms with Gasteiger partial charge in [-0.3, -0.25) is 14.5 Å². The number of hydrogen-bond acceptors (Lipinski definition) is 5. The lowest BCUT2D eigenvalue weighted by molar-refractivity contribution is -0.149. The molecule has 2 unspecified atom stereocenters. The van der Waals surface area contributed by atoms with Gasteiger partial charge in [0.2, 0.25) is 0 Å². The van der Waals surface area contributed by atoms with Gasteiger partial charge in [-0.25, -0.2) is 0 Å². The first kappa shape index (κ1) is 15.0. The standard InChI is InChI=1S/C13H23NO4/c1-9(12(15)17-3)10(2)14-7-5-6-11(8-14)13(16)18-4/h9-11H,5-8H2,1-4H3/t9?,10?,11-/m0/s1. The van der Waals surface area contributed by atoms with Crippen LogP contribution in [0.5, 0.6) is 0 Å². The van der Waals surface area contributed by atoms with Crippen LogP contribution >= 0.6 is 0 Å². The fourth-order valence-electron chi connectivity index (χ4n) is 2.43. The first-order valence-electron chi connectivity index (χ1n) is 6.41. The molecule has 0 aromatic heterocycles. The van der Waals surface area contributed by atoms with Crippen LogP contribution in [0.1, 0.15) is 26.7 Å². The minimum Gasteiger partial charge on any atom is -0.469 e. The molecule has 5 nitrogen and oxygen atoms in total. The van der Waals surface area contributed by atoms with E-state index in [-0.39, 0.29) is 29.8 Å². The Morgan fingerprint density at radius 3 is 2.44 bits per heavy atom. The van der Waals surface area contributed by atoms with Crippen LogP contribution in [0.25, 0.3) is 0 Å². The molecule has 0 amide bonds. The molecule has 1 rings (SSSR count). The van der Waals surface area contributed by atoms with Gasteiger partial charge >= 0.3 is 11.9 Å². The maximum absolute atomic E-state index is 11.6.